The molecule has 0 amide bonds. The van der Waals surface area contributed by atoms with E-state index in [4.69, 9.17) is 4.74 Å². The third-order valence-corrected chi connectivity index (χ3v) is 6.08. The van der Waals surface area contributed by atoms with Crippen molar-refractivity contribution in [2.24, 2.45) is 5.92 Å². The Hall–Kier alpha value is -1.92. The molecule has 6 heteroatoms. The molecule has 0 aliphatic carbocycles. The SMILES string of the molecule is CCCCCN1CC[C@H](c2ccc(F)cc2)[C@@H](COCc2ccc(C(F)(F)F)cc2)C1. The molecule has 1 aliphatic rings. The molecule has 31 heavy (non-hydrogen) atoms. The Labute approximate surface area is 182 Å². The van der Waals surface area contributed by atoms with Gasteiger partial charge in [0, 0.05) is 12.5 Å². The summed E-state index contributed by atoms with van der Waals surface area (Å²) in [5.41, 5.74) is 1.20. The van der Waals surface area contributed by atoms with Crippen molar-refractivity contribution in [3.8, 4) is 0 Å². The van der Waals surface area contributed by atoms with E-state index in [-0.39, 0.29) is 24.3 Å². The second-order valence-corrected chi connectivity index (χ2v) is 8.42. The van der Waals surface area contributed by atoms with Crippen LogP contribution in [0.5, 0.6) is 0 Å². The summed E-state index contributed by atoms with van der Waals surface area (Å²) in [5, 5.41) is 0. The van der Waals surface area contributed by atoms with Crippen molar-refractivity contribution in [3.63, 3.8) is 0 Å². The van der Waals surface area contributed by atoms with Gasteiger partial charge in [-0.1, -0.05) is 44.0 Å². The minimum absolute atomic E-state index is 0.240. The zero-order valence-electron chi connectivity index (χ0n) is 18.0. The van der Waals surface area contributed by atoms with Crippen LogP contribution in [0.25, 0.3) is 0 Å². The van der Waals surface area contributed by atoms with E-state index >= 15 is 0 Å². The molecule has 1 heterocycles. The number of ether oxygens (including phenoxy) is 1. The lowest BCUT2D eigenvalue weighted by Crippen LogP contribution is -2.41. The van der Waals surface area contributed by atoms with Gasteiger partial charge in [-0.3, -0.25) is 0 Å². The van der Waals surface area contributed by atoms with Crippen molar-refractivity contribution in [2.75, 3.05) is 26.2 Å². The first-order valence-corrected chi connectivity index (χ1v) is 11.1. The highest BCUT2D eigenvalue weighted by molar-refractivity contribution is 5.24. The lowest BCUT2D eigenvalue weighted by molar-refractivity contribution is -0.137. The Kier molecular flexibility index (Phi) is 8.50. The fourth-order valence-corrected chi connectivity index (χ4v) is 4.33. The van der Waals surface area contributed by atoms with Crippen molar-refractivity contribution in [3.05, 3.63) is 71.0 Å². The molecule has 2 aromatic rings. The number of piperidine rings is 1. The van der Waals surface area contributed by atoms with Gasteiger partial charge in [0.05, 0.1) is 18.8 Å². The lowest BCUT2D eigenvalue weighted by Gasteiger charge is -2.39. The van der Waals surface area contributed by atoms with Crippen LogP contribution in [0.3, 0.4) is 0 Å². The van der Waals surface area contributed by atoms with E-state index in [1.807, 2.05) is 12.1 Å². The average molecular weight is 438 g/mol. The number of nitrogens with zero attached hydrogens (tertiary/aromatic N) is 1. The van der Waals surface area contributed by atoms with Gasteiger partial charge in [0.2, 0.25) is 0 Å². The van der Waals surface area contributed by atoms with Crippen LogP contribution in [0, 0.1) is 11.7 Å². The second-order valence-electron chi connectivity index (χ2n) is 8.42. The Morgan fingerprint density at radius 2 is 1.71 bits per heavy atom. The van der Waals surface area contributed by atoms with Crippen LogP contribution in [0.4, 0.5) is 17.6 Å². The van der Waals surface area contributed by atoms with E-state index in [1.54, 1.807) is 0 Å². The summed E-state index contributed by atoms with van der Waals surface area (Å²) >= 11 is 0. The van der Waals surface area contributed by atoms with Crippen molar-refractivity contribution < 1.29 is 22.3 Å². The first-order chi connectivity index (χ1) is 14.9. The van der Waals surface area contributed by atoms with E-state index in [1.165, 1.54) is 43.5 Å². The summed E-state index contributed by atoms with van der Waals surface area (Å²) in [5.74, 6) is 0.307. The lowest BCUT2D eigenvalue weighted by atomic mass is 9.80. The predicted molar refractivity (Wildman–Crippen MR) is 114 cm³/mol. The molecule has 0 unspecified atom stereocenters. The predicted octanol–water partition coefficient (Wildman–Crippen LogP) is 6.66. The van der Waals surface area contributed by atoms with Crippen molar-refractivity contribution >= 4 is 0 Å². The second kappa shape index (κ2) is 11.1. The van der Waals surface area contributed by atoms with Crippen LogP contribution in [0.2, 0.25) is 0 Å². The quantitative estimate of drug-likeness (QED) is 0.321. The molecule has 2 nitrogen and oxygen atoms in total. The maximum absolute atomic E-state index is 13.4. The first kappa shape index (κ1) is 23.7. The summed E-state index contributed by atoms with van der Waals surface area (Å²) in [6.07, 6.45) is 0.243. The molecule has 0 radical (unpaired) electrons. The summed E-state index contributed by atoms with van der Waals surface area (Å²) in [4.78, 5) is 2.47. The van der Waals surface area contributed by atoms with E-state index in [9.17, 15) is 17.6 Å². The maximum atomic E-state index is 13.4. The zero-order valence-corrected chi connectivity index (χ0v) is 18.0. The van der Waals surface area contributed by atoms with Gasteiger partial charge in [-0.15, -0.1) is 0 Å². The molecule has 0 bridgehead atoms. The fourth-order valence-electron chi connectivity index (χ4n) is 4.33. The number of alkyl halides is 3. The van der Waals surface area contributed by atoms with Crippen LogP contribution >= 0.6 is 0 Å². The molecular weight excluding hydrogens is 406 g/mol. The Balaban J connectivity index is 1.60. The molecule has 0 saturated carbocycles. The molecule has 3 rings (SSSR count). The van der Waals surface area contributed by atoms with Gasteiger partial charge in [-0.2, -0.15) is 13.2 Å². The molecule has 0 spiro atoms. The number of hydrogen-bond donors (Lipinski definition) is 0. The Morgan fingerprint density at radius 1 is 1.00 bits per heavy atom. The number of rotatable bonds is 9. The van der Waals surface area contributed by atoms with Crippen LogP contribution < -0.4 is 0 Å². The van der Waals surface area contributed by atoms with Gasteiger partial charge in [0.25, 0.3) is 0 Å². The van der Waals surface area contributed by atoms with Crippen LogP contribution in [-0.4, -0.2) is 31.1 Å². The summed E-state index contributed by atoms with van der Waals surface area (Å²) in [7, 11) is 0. The summed E-state index contributed by atoms with van der Waals surface area (Å²) in [6.45, 7) is 5.99. The highest BCUT2D eigenvalue weighted by atomic mass is 19.4. The van der Waals surface area contributed by atoms with E-state index < -0.39 is 11.7 Å². The Bertz CT molecular complexity index is 789. The third kappa shape index (κ3) is 7.04. The smallest absolute Gasteiger partial charge is 0.376 e. The van der Waals surface area contributed by atoms with E-state index in [2.05, 4.69) is 11.8 Å². The molecule has 1 aliphatic heterocycles. The van der Waals surface area contributed by atoms with Crippen LogP contribution in [0.1, 0.15) is 55.2 Å². The van der Waals surface area contributed by atoms with E-state index in [0.717, 1.165) is 49.3 Å². The maximum Gasteiger partial charge on any atom is 0.416 e. The fraction of sp³-hybridized carbons (Fsp3) is 0.520. The molecule has 0 N–H and O–H groups in total. The molecule has 2 atom stereocenters. The standard InChI is InChI=1S/C25H31F4NO/c1-2-3-4-14-30-15-13-24(20-7-11-23(26)12-8-20)21(16-30)18-31-17-19-5-9-22(10-6-19)25(27,28)29/h5-12,21,24H,2-4,13-18H2,1H3/t21-,24-/m1/s1. The molecule has 170 valence electrons. The molecule has 0 aromatic heterocycles. The molecule has 2 aromatic carbocycles. The van der Waals surface area contributed by atoms with Gasteiger partial charge < -0.3 is 9.64 Å². The third-order valence-electron chi connectivity index (χ3n) is 6.08. The summed E-state index contributed by atoms with van der Waals surface area (Å²) < 4.78 is 57.5. The zero-order chi connectivity index (χ0) is 22.3. The normalized spacial score (nSPS) is 20.2. The van der Waals surface area contributed by atoms with Gasteiger partial charge in [-0.05, 0) is 67.2 Å². The number of likely N-dealkylation sites (tertiary alicyclic amines) is 1. The van der Waals surface area contributed by atoms with Crippen molar-refractivity contribution in [2.45, 2.75) is 51.3 Å². The molecule has 1 saturated heterocycles. The highest BCUT2D eigenvalue weighted by Crippen LogP contribution is 2.34. The number of hydrogen-bond acceptors (Lipinski definition) is 2. The number of unbranched alkanes of at least 4 members (excludes halogenated alkanes) is 2. The van der Waals surface area contributed by atoms with Gasteiger partial charge in [-0.25, -0.2) is 4.39 Å². The number of benzene rings is 2. The van der Waals surface area contributed by atoms with E-state index in [0.29, 0.717) is 6.61 Å². The highest BCUT2D eigenvalue weighted by Gasteiger charge is 2.31. The Morgan fingerprint density at radius 3 is 2.35 bits per heavy atom. The van der Waals surface area contributed by atoms with Gasteiger partial charge >= 0.3 is 6.18 Å². The minimum atomic E-state index is -4.33. The molecular formula is C25H31F4NO. The first-order valence-electron chi connectivity index (χ1n) is 11.1. The minimum Gasteiger partial charge on any atom is -0.376 e. The topological polar surface area (TPSA) is 12.5 Å². The van der Waals surface area contributed by atoms with Gasteiger partial charge in [0.1, 0.15) is 5.82 Å². The van der Waals surface area contributed by atoms with Crippen molar-refractivity contribution in [1.29, 1.82) is 0 Å². The largest absolute Gasteiger partial charge is 0.416 e. The van der Waals surface area contributed by atoms with Crippen LogP contribution in [0.15, 0.2) is 48.5 Å². The van der Waals surface area contributed by atoms with Crippen molar-refractivity contribution in [1.82, 2.24) is 4.90 Å². The average Bonchev–Trinajstić information content (AvgIpc) is 2.75. The summed E-state index contributed by atoms with van der Waals surface area (Å²) in [6, 6.07) is 11.8. The molecule has 1 fully saturated rings. The van der Waals surface area contributed by atoms with Gasteiger partial charge in [0.15, 0.2) is 0 Å². The van der Waals surface area contributed by atoms with Crippen LogP contribution in [-0.2, 0) is 17.5 Å². The number of halogens is 4. The monoisotopic (exact) mass is 437 g/mol.